The number of carboxylic acid groups (broad SMARTS) is 1. The van der Waals surface area contributed by atoms with Crippen molar-refractivity contribution in [2.75, 3.05) is 5.75 Å². The van der Waals surface area contributed by atoms with Crippen molar-refractivity contribution in [2.45, 2.75) is 11.3 Å². The molecule has 1 aliphatic heterocycles. The lowest BCUT2D eigenvalue weighted by Crippen LogP contribution is -2.36. The van der Waals surface area contributed by atoms with Crippen LogP contribution in [0.25, 0.3) is 0 Å². The number of Topliss-reactive ketones (excluding diaryl/α,β-unsaturated/α-hetero) is 1. The second-order valence-electron chi connectivity index (χ2n) is 3.84. The van der Waals surface area contributed by atoms with Crippen LogP contribution in [-0.4, -0.2) is 25.9 Å². The van der Waals surface area contributed by atoms with Crippen LogP contribution in [0.5, 0.6) is 0 Å². The molecule has 1 aliphatic rings. The highest BCUT2D eigenvalue weighted by Gasteiger charge is 2.32. The van der Waals surface area contributed by atoms with Crippen molar-refractivity contribution in [3.63, 3.8) is 0 Å². The first-order valence-corrected chi connectivity index (χ1v) is 6.65. The van der Waals surface area contributed by atoms with Crippen LogP contribution in [-0.2, 0) is 14.6 Å². The van der Waals surface area contributed by atoms with Gasteiger partial charge < -0.3 is 9.90 Å². The Bertz CT molecular complexity index is 588. The fourth-order valence-electron chi connectivity index (χ4n) is 1.87. The number of rotatable bonds is 1. The Morgan fingerprint density at radius 2 is 1.94 bits per heavy atom. The molecule has 0 amide bonds. The summed E-state index contributed by atoms with van der Waals surface area (Å²) < 4.78 is 23.7. The van der Waals surface area contributed by atoms with E-state index in [4.69, 9.17) is 0 Å². The lowest BCUT2D eigenvalue weighted by Gasteiger charge is -2.13. The van der Waals surface area contributed by atoms with Gasteiger partial charge in [-0.05, 0) is 12.5 Å². The third-order valence-corrected chi connectivity index (χ3v) is 4.56. The molecule has 0 saturated carbocycles. The average Bonchev–Trinajstić information content (AvgIpc) is 2.37. The first-order chi connectivity index (χ1) is 7.93. The first kappa shape index (κ1) is 11.8. The fraction of sp³-hybridized carbons (Fsp3) is 0.273. The molecule has 17 heavy (non-hydrogen) atoms. The topological polar surface area (TPSA) is 91.3 Å². The molecule has 5 nitrogen and oxygen atoms in total. The van der Waals surface area contributed by atoms with Crippen molar-refractivity contribution in [1.29, 1.82) is 0 Å². The number of aliphatic carboxylic acids is 1. The number of benzene rings is 1. The Kier molecular flexibility index (Phi) is 2.74. The predicted molar refractivity (Wildman–Crippen MR) is 55.9 cm³/mol. The van der Waals surface area contributed by atoms with Crippen LogP contribution in [0.3, 0.4) is 0 Å². The van der Waals surface area contributed by atoms with Crippen LogP contribution in [0.2, 0.25) is 0 Å². The molecule has 1 aromatic carbocycles. The largest absolute Gasteiger partial charge is 0.549 e. The van der Waals surface area contributed by atoms with E-state index < -0.39 is 27.5 Å². The van der Waals surface area contributed by atoms with Gasteiger partial charge in [-0.15, -0.1) is 0 Å². The molecule has 0 fully saturated rings. The number of carbonyl (C=O) groups excluding carboxylic acids is 2. The number of carboxylic acids is 1. The van der Waals surface area contributed by atoms with Crippen LogP contribution in [0.4, 0.5) is 0 Å². The third-order valence-electron chi connectivity index (χ3n) is 2.76. The van der Waals surface area contributed by atoms with E-state index in [1.165, 1.54) is 24.3 Å². The Labute approximate surface area is 98.0 Å². The second kappa shape index (κ2) is 3.96. The summed E-state index contributed by atoms with van der Waals surface area (Å²) in [6.45, 7) is 0. The van der Waals surface area contributed by atoms with Gasteiger partial charge in [-0.2, -0.15) is 0 Å². The van der Waals surface area contributed by atoms with E-state index in [-0.39, 0.29) is 22.6 Å². The van der Waals surface area contributed by atoms with E-state index in [9.17, 15) is 23.1 Å². The van der Waals surface area contributed by atoms with Crippen molar-refractivity contribution < 1.29 is 23.1 Å². The summed E-state index contributed by atoms with van der Waals surface area (Å²) in [5.41, 5.74) is -0.0563. The van der Waals surface area contributed by atoms with Crippen LogP contribution in [0.1, 0.15) is 16.8 Å². The van der Waals surface area contributed by atoms with Gasteiger partial charge in [-0.3, -0.25) is 4.79 Å². The number of hydrogen-bond donors (Lipinski definition) is 0. The van der Waals surface area contributed by atoms with Gasteiger partial charge in [0.15, 0.2) is 15.6 Å². The lowest BCUT2D eigenvalue weighted by atomic mass is 9.95. The smallest absolute Gasteiger partial charge is 0.179 e. The highest BCUT2D eigenvalue weighted by molar-refractivity contribution is 7.91. The SMILES string of the molecule is O=C([O-])C1CCS(=O)(=O)c2ccccc2C1=O. The van der Waals surface area contributed by atoms with Crippen molar-refractivity contribution in [3.05, 3.63) is 29.8 Å². The van der Waals surface area contributed by atoms with E-state index in [2.05, 4.69) is 0 Å². The first-order valence-electron chi connectivity index (χ1n) is 5.00. The third kappa shape index (κ3) is 1.95. The monoisotopic (exact) mass is 253 g/mol. The highest BCUT2D eigenvalue weighted by Crippen LogP contribution is 2.26. The van der Waals surface area contributed by atoms with E-state index in [0.29, 0.717) is 0 Å². The van der Waals surface area contributed by atoms with Gasteiger partial charge in [0.2, 0.25) is 0 Å². The zero-order valence-electron chi connectivity index (χ0n) is 8.75. The van der Waals surface area contributed by atoms with Crippen molar-refractivity contribution >= 4 is 21.6 Å². The normalized spacial score (nSPS) is 22.6. The zero-order chi connectivity index (χ0) is 12.6. The number of hydrogen-bond acceptors (Lipinski definition) is 5. The molecule has 0 radical (unpaired) electrons. The summed E-state index contributed by atoms with van der Waals surface area (Å²) >= 11 is 0. The zero-order valence-corrected chi connectivity index (χ0v) is 9.57. The summed E-state index contributed by atoms with van der Waals surface area (Å²) in [7, 11) is -3.59. The number of sulfone groups is 1. The number of ketones is 1. The van der Waals surface area contributed by atoms with Gasteiger partial charge >= 0.3 is 0 Å². The van der Waals surface area contributed by atoms with E-state index >= 15 is 0 Å². The van der Waals surface area contributed by atoms with Gasteiger partial charge in [0, 0.05) is 5.56 Å². The van der Waals surface area contributed by atoms with Crippen LogP contribution in [0, 0.1) is 5.92 Å². The van der Waals surface area contributed by atoms with E-state index in [1.54, 1.807) is 0 Å². The maximum Gasteiger partial charge on any atom is 0.179 e. The Morgan fingerprint density at radius 3 is 2.59 bits per heavy atom. The fourth-order valence-corrected chi connectivity index (χ4v) is 3.42. The predicted octanol–water partition coefficient (Wildman–Crippen LogP) is -0.587. The standard InChI is InChI=1S/C11H10O5S/c12-10-7-3-1-2-4-9(7)17(15,16)6-5-8(10)11(13)14/h1-4,8H,5-6H2,(H,13,14)/p-1. The summed E-state index contributed by atoms with van der Waals surface area (Å²) in [6, 6.07) is 5.66. The Hall–Kier alpha value is -1.69. The van der Waals surface area contributed by atoms with E-state index in [0.717, 1.165) is 0 Å². The van der Waals surface area contributed by atoms with Crippen molar-refractivity contribution in [3.8, 4) is 0 Å². The van der Waals surface area contributed by atoms with Crippen molar-refractivity contribution in [2.24, 2.45) is 5.92 Å². The summed E-state index contributed by atoms with van der Waals surface area (Å²) in [5, 5.41) is 10.8. The van der Waals surface area contributed by atoms with Gasteiger partial charge in [-0.1, -0.05) is 18.2 Å². The second-order valence-corrected chi connectivity index (χ2v) is 5.92. The molecule has 90 valence electrons. The minimum Gasteiger partial charge on any atom is -0.549 e. The van der Waals surface area contributed by atoms with Crippen LogP contribution < -0.4 is 5.11 Å². The molecule has 2 rings (SSSR count). The molecule has 6 heteroatoms. The molecule has 0 saturated heterocycles. The minimum absolute atomic E-state index is 0.0563. The molecule has 0 N–H and O–H groups in total. The molecule has 1 aromatic rings. The maximum absolute atomic E-state index is 11.9. The minimum atomic E-state index is -3.59. The molecule has 1 unspecified atom stereocenters. The summed E-state index contributed by atoms with van der Waals surface area (Å²) in [5.74, 6) is -3.95. The molecular weight excluding hydrogens is 244 g/mol. The molecule has 1 heterocycles. The van der Waals surface area contributed by atoms with Gasteiger partial charge in [0.05, 0.1) is 22.5 Å². The maximum atomic E-state index is 11.9. The van der Waals surface area contributed by atoms with Crippen LogP contribution >= 0.6 is 0 Å². The van der Waals surface area contributed by atoms with E-state index in [1.807, 2.05) is 0 Å². The van der Waals surface area contributed by atoms with Gasteiger partial charge in [-0.25, -0.2) is 8.42 Å². The molecule has 0 bridgehead atoms. The van der Waals surface area contributed by atoms with Gasteiger partial charge in [0.1, 0.15) is 0 Å². The summed E-state index contributed by atoms with van der Waals surface area (Å²) in [6.07, 6.45) is -0.238. The Morgan fingerprint density at radius 1 is 1.29 bits per heavy atom. The molecule has 0 spiro atoms. The quantitative estimate of drug-likeness (QED) is 0.624. The molecule has 1 atom stereocenters. The molecule has 0 aromatic heterocycles. The molecular formula is C11H9O5S-. The lowest BCUT2D eigenvalue weighted by molar-refractivity contribution is -0.309. The number of fused-ring (bicyclic) bond motifs is 1. The molecule has 0 aliphatic carbocycles. The van der Waals surface area contributed by atoms with Crippen LogP contribution in [0.15, 0.2) is 29.2 Å². The van der Waals surface area contributed by atoms with Gasteiger partial charge in [0.25, 0.3) is 0 Å². The highest BCUT2D eigenvalue weighted by atomic mass is 32.2. The average molecular weight is 253 g/mol. The van der Waals surface area contributed by atoms with Crippen molar-refractivity contribution in [1.82, 2.24) is 0 Å². The summed E-state index contributed by atoms with van der Waals surface area (Å²) in [4.78, 5) is 22.6. The number of carbonyl (C=O) groups is 2. The Balaban J connectivity index is 2.65.